The first-order valence-corrected chi connectivity index (χ1v) is 12.1. The van der Waals surface area contributed by atoms with Gasteiger partial charge in [-0.05, 0) is 49.8 Å². The van der Waals surface area contributed by atoms with E-state index in [-0.39, 0.29) is 11.2 Å². The second kappa shape index (κ2) is 7.59. The van der Waals surface area contributed by atoms with Gasteiger partial charge in [0.05, 0.1) is 10.6 Å². The predicted octanol–water partition coefficient (Wildman–Crippen LogP) is 6.11. The summed E-state index contributed by atoms with van der Waals surface area (Å²) in [6, 6.07) is 6.39. The number of rotatable bonds is 4. The number of nitrogens with zero attached hydrogens (tertiary/aromatic N) is 2. The highest BCUT2D eigenvalue weighted by Crippen LogP contribution is 2.43. The van der Waals surface area contributed by atoms with Crippen LogP contribution >= 0.6 is 11.3 Å². The van der Waals surface area contributed by atoms with Crippen molar-refractivity contribution in [2.24, 2.45) is 5.41 Å². The number of hydrogen-bond acceptors (Lipinski definition) is 5. The van der Waals surface area contributed by atoms with Gasteiger partial charge in [0, 0.05) is 35.1 Å². The number of hydrogen-bond donors (Lipinski definition) is 1. The summed E-state index contributed by atoms with van der Waals surface area (Å²) in [5.41, 5.74) is 5.16. The molecule has 1 aromatic carbocycles. The Balaban J connectivity index is 1.66. The predicted molar refractivity (Wildman–Crippen MR) is 126 cm³/mol. The number of benzene rings is 1. The quantitative estimate of drug-likeness (QED) is 0.502. The van der Waals surface area contributed by atoms with Gasteiger partial charge in [-0.3, -0.25) is 9.59 Å². The van der Waals surface area contributed by atoms with Crippen LogP contribution in [-0.4, -0.2) is 27.7 Å². The van der Waals surface area contributed by atoms with E-state index in [0.717, 1.165) is 63.5 Å². The average Bonchev–Trinajstić information content (AvgIpc) is 3.21. The molecule has 0 saturated heterocycles. The molecule has 0 amide bonds. The molecule has 1 fully saturated rings. The number of carbonyl (C=O) groups excluding carboxylic acids is 2. The molecule has 1 N–H and O–H groups in total. The van der Waals surface area contributed by atoms with Crippen molar-refractivity contribution in [2.45, 2.75) is 71.8 Å². The Morgan fingerprint density at radius 3 is 2.71 bits per heavy atom. The van der Waals surface area contributed by atoms with Gasteiger partial charge >= 0.3 is 0 Å². The van der Waals surface area contributed by atoms with E-state index >= 15 is 0 Å². The van der Waals surface area contributed by atoms with E-state index in [2.05, 4.69) is 29.8 Å². The zero-order valence-electron chi connectivity index (χ0n) is 18.5. The Hall–Kier alpha value is -2.47. The molecular weight excluding hydrogens is 406 g/mol. The molecule has 3 aromatic rings. The number of anilines is 1. The normalized spacial score (nSPS) is 18.9. The number of Topliss-reactive ketones (excluding diaryl/α,β-unsaturated/α-hetero) is 1. The lowest BCUT2D eigenvalue weighted by molar-refractivity contribution is 0.0912. The Bertz CT molecular complexity index is 1180. The Kier molecular flexibility index (Phi) is 5.00. The van der Waals surface area contributed by atoms with Crippen LogP contribution in [0.2, 0.25) is 0 Å². The van der Waals surface area contributed by atoms with E-state index in [9.17, 15) is 9.59 Å². The van der Waals surface area contributed by atoms with E-state index in [4.69, 9.17) is 4.98 Å². The first-order chi connectivity index (χ1) is 14.9. The molecule has 0 bridgehead atoms. The third-order valence-electron chi connectivity index (χ3n) is 6.67. The maximum absolute atomic E-state index is 13.1. The molecule has 1 saturated carbocycles. The zero-order valence-corrected chi connectivity index (χ0v) is 19.3. The molecule has 2 aliphatic rings. The first kappa shape index (κ1) is 20.4. The Morgan fingerprint density at radius 1 is 1.19 bits per heavy atom. The summed E-state index contributed by atoms with van der Waals surface area (Å²) in [6.45, 7) is 6.30. The lowest BCUT2D eigenvalue weighted by Crippen LogP contribution is -2.28. The van der Waals surface area contributed by atoms with Crippen LogP contribution < -0.4 is 5.32 Å². The average molecular weight is 436 g/mol. The molecule has 5 nitrogen and oxygen atoms in total. The summed E-state index contributed by atoms with van der Waals surface area (Å²) in [6.07, 6.45) is 8.35. The number of ketones is 1. The zero-order chi connectivity index (χ0) is 21.8. The Labute approximate surface area is 186 Å². The van der Waals surface area contributed by atoms with Gasteiger partial charge < -0.3 is 9.88 Å². The number of carbonyl (C=O) groups is 2. The molecule has 0 radical (unpaired) electrons. The lowest BCUT2D eigenvalue weighted by atomic mass is 9.76. The molecule has 6 heteroatoms. The van der Waals surface area contributed by atoms with Gasteiger partial charge in [0.25, 0.3) is 0 Å². The van der Waals surface area contributed by atoms with Crippen LogP contribution in [0.3, 0.4) is 0 Å². The molecule has 2 heterocycles. The fourth-order valence-corrected chi connectivity index (χ4v) is 6.22. The smallest absolute Gasteiger partial charge is 0.167 e. The number of aryl methyl sites for hydroxylation is 1. The molecule has 0 aliphatic heterocycles. The van der Waals surface area contributed by atoms with Crippen LogP contribution in [0.4, 0.5) is 5.69 Å². The SMILES string of the molecule is Cc1nc2c3c(n(-c4ccc(C=O)c(NC5CCCCC5)c4)c2s1)CC(C)(C)CC3=O. The minimum Gasteiger partial charge on any atom is -0.382 e. The van der Waals surface area contributed by atoms with Gasteiger partial charge in [-0.1, -0.05) is 33.1 Å². The molecule has 0 spiro atoms. The first-order valence-electron chi connectivity index (χ1n) is 11.3. The number of aromatic nitrogens is 2. The number of fused-ring (bicyclic) bond motifs is 3. The number of aldehydes is 1. The Morgan fingerprint density at radius 2 is 1.97 bits per heavy atom. The van der Waals surface area contributed by atoms with Crippen molar-refractivity contribution in [1.82, 2.24) is 9.55 Å². The van der Waals surface area contributed by atoms with Gasteiger partial charge in [-0.15, -0.1) is 11.3 Å². The second-order valence-electron chi connectivity index (χ2n) is 9.85. The summed E-state index contributed by atoms with van der Waals surface area (Å²) in [7, 11) is 0. The third kappa shape index (κ3) is 3.61. The summed E-state index contributed by atoms with van der Waals surface area (Å²) in [5, 5.41) is 4.60. The fraction of sp³-hybridized carbons (Fsp3) is 0.480. The number of nitrogens with one attached hydrogen (secondary N) is 1. The van der Waals surface area contributed by atoms with Crippen molar-refractivity contribution in [3.8, 4) is 5.69 Å². The van der Waals surface area contributed by atoms with Gasteiger partial charge in [0.1, 0.15) is 10.3 Å². The third-order valence-corrected chi connectivity index (χ3v) is 7.62. The standard InChI is InChI=1S/C25H29N3O2S/c1-15-26-23-22-20(12-25(2,3)13-21(22)30)28(24(23)31-15)18-10-9-16(14-29)19(11-18)27-17-7-5-4-6-8-17/h9-11,14,17,27H,4-8,12-13H2,1-3H3. The van der Waals surface area contributed by atoms with E-state index < -0.39 is 0 Å². The summed E-state index contributed by atoms with van der Waals surface area (Å²) in [5.74, 6) is 0.186. The monoisotopic (exact) mass is 435 g/mol. The van der Waals surface area contributed by atoms with E-state index in [1.54, 1.807) is 11.3 Å². The van der Waals surface area contributed by atoms with Crippen LogP contribution in [0.5, 0.6) is 0 Å². The van der Waals surface area contributed by atoms with Crippen LogP contribution in [-0.2, 0) is 6.42 Å². The minimum absolute atomic E-state index is 0.0801. The van der Waals surface area contributed by atoms with Crippen LogP contribution in [0.15, 0.2) is 18.2 Å². The number of thiazole rings is 1. The summed E-state index contributed by atoms with van der Waals surface area (Å²) >= 11 is 1.63. The minimum atomic E-state index is -0.0801. The highest BCUT2D eigenvalue weighted by Gasteiger charge is 2.37. The fourth-order valence-electron chi connectivity index (χ4n) is 5.25. The van der Waals surface area contributed by atoms with Crippen molar-refractivity contribution in [1.29, 1.82) is 0 Å². The van der Waals surface area contributed by atoms with Gasteiger partial charge in [-0.25, -0.2) is 4.98 Å². The van der Waals surface area contributed by atoms with Crippen molar-refractivity contribution in [3.63, 3.8) is 0 Å². The molecule has 5 rings (SSSR count). The van der Waals surface area contributed by atoms with Gasteiger partial charge in [0.2, 0.25) is 0 Å². The van der Waals surface area contributed by atoms with Gasteiger partial charge in [-0.2, -0.15) is 0 Å². The van der Waals surface area contributed by atoms with Crippen LogP contribution in [0.25, 0.3) is 16.0 Å². The summed E-state index contributed by atoms with van der Waals surface area (Å²) < 4.78 is 2.22. The second-order valence-corrected chi connectivity index (χ2v) is 11.0. The molecule has 2 aliphatic carbocycles. The van der Waals surface area contributed by atoms with Crippen molar-refractivity contribution in [2.75, 3.05) is 5.32 Å². The highest BCUT2D eigenvalue weighted by molar-refractivity contribution is 7.18. The van der Waals surface area contributed by atoms with E-state index in [1.807, 2.05) is 19.1 Å². The molecule has 31 heavy (non-hydrogen) atoms. The topological polar surface area (TPSA) is 64.0 Å². The van der Waals surface area contributed by atoms with E-state index in [0.29, 0.717) is 18.0 Å². The molecular formula is C25H29N3O2S. The largest absolute Gasteiger partial charge is 0.382 e. The lowest BCUT2D eigenvalue weighted by Gasteiger charge is -2.30. The highest BCUT2D eigenvalue weighted by atomic mass is 32.1. The van der Waals surface area contributed by atoms with Crippen molar-refractivity contribution < 1.29 is 9.59 Å². The maximum atomic E-state index is 13.1. The van der Waals surface area contributed by atoms with Crippen molar-refractivity contribution >= 4 is 39.4 Å². The van der Waals surface area contributed by atoms with Crippen LogP contribution in [0, 0.1) is 12.3 Å². The van der Waals surface area contributed by atoms with Crippen molar-refractivity contribution in [3.05, 3.63) is 40.0 Å². The van der Waals surface area contributed by atoms with Gasteiger partial charge in [0.15, 0.2) is 12.1 Å². The maximum Gasteiger partial charge on any atom is 0.167 e. The molecule has 162 valence electrons. The molecule has 2 aromatic heterocycles. The van der Waals surface area contributed by atoms with E-state index in [1.165, 1.54) is 19.3 Å². The molecule has 0 unspecified atom stereocenters. The van der Waals surface area contributed by atoms with Crippen LogP contribution in [0.1, 0.15) is 83.8 Å². The molecule has 0 atom stereocenters. The summed E-state index contributed by atoms with van der Waals surface area (Å²) in [4.78, 5) is 30.6.